The molecule has 2 atom stereocenters. The predicted octanol–water partition coefficient (Wildman–Crippen LogP) is -0.313. The molecular formula is C11H18N2O6. The van der Waals surface area contributed by atoms with Gasteiger partial charge in [0.1, 0.15) is 13.1 Å². The topological polar surface area (TPSA) is 107 Å². The van der Waals surface area contributed by atoms with E-state index >= 15 is 0 Å². The molecule has 1 rings (SSSR count). The van der Waals surface area contributed by atoms with Crippen molar-refractivity contribution in [2.75, 3.05) is 26.2 Å². The average Bonchev–Trinajstić information content (AvgIpc) is 2.29. The normalized spacial score (nSPS) is 22.9. The van der Waals surface area contributed by atoms with Crippen LogP contribution in [0.1, 0.15) is 13.8 Å². The molecule has 1 fully saturated rings. The summed E-state index contributed by atoms with van der Waals surface area (Å²) in [6.45, 7) is 2.96. The van der Waals surface area contributed by atoms with E-state index < -0.39 is 31.1 Å². The van der Waals surface area contributed by atoms with E-state index in [9.17, 15) is 14.4 Å². The van der Waals surface area contributed by atoms with E-state index in [2.05, 4.69) is 0 Å². The molecule has 0 bridgehead atoms. The maximum Gasteiger partial charge on any atom is 0.323 e. The van der Waals surface area contributed by atoms with Gasteiger partial charge >= 0.3 is 18.0 Å². The maximum absolute atomic E-state index is 12.2. The van der Waals surface area contributed by atoms with Gasteiger partial charge in [-0.25, -0.2) is 4.79 Å². The molecule has 0 aromatic carbocycles. The zero-order valence-corrected chi connectivity index (χ0v) is 10.9. The molecule has 0 aromatic rings. The number of rotatable bonds is 4. The van der Waals surface area contributed by atoms with E-state index in [0.717, 1.165) is 4.90 Å². The number of carboxylic acid groups (broad SMARTS) is 2. The van der Waals surface area contributed by atoms with Crippen LogP contribution in [0.4, 0.5) is 4.79 Å². The van der Waals surface area contributed by atoms with Crippen molar-refractivity contribution in [3.8, 4) is 0 Å². The fourth-order valence-electron chi connectivity index (χ4n) is 1.87. The van der Waals surface area contributed by atoms with Crippen LogP contribution in [0.5, 0.6) is 0 Å². The lowest BCUT2D eigenvalue weighted by atomic mass is 10.2. The SMILES string of the molecule is CC1CN(C(=O)N(CC(=O)O)CC(=O)O)C(C)CO1. The zero-order valence-electron chi connectivity index (χ0n) is 10.9. The summed E-state index contributed by atoms with van der Waals surface area (Å²) >= 11 is 0. The Balaban J connectivity index is 2.78. The molecule has 8 nitrogen and oxygen atoms in total. The van der Waals surface area contributed by atoms with Crippen LogP contribution in [0.25, 0.3) is 0 Å². The van der Waals surface area contributed by atoms with Crippen molar-refractivity contribution in [1.29, 1.82) is 0 Å². The minimum atomic E-state index is -1.25. The van der Waals surface area contributed by atoms with Gasteiger partial charge in [-0.2, -0.15) is 0 Å². The summed E-state index contributed by atoms with van der Waals surface area (Å²) in [6.07, 6.45) is -0.156. The number of aliphatic carboxylic acids is 2. The van der Waals surface area contributed by atoms with Gasteiger partial charge in [-0.15, -0.1) is 0 Å². The van der Waals surface area contributed by atoms with Crippen molar-refractivity contribution in [3.05, 3.63) is 0 Å². The lowest BCUT2D eigenvalue weighted by Crippen LogP contribution is -2.56. The number of carbonyl (C=O) groups excluding carboxylic acids is 1. The molecule has 1 aliphatic heterocycles. The summed E-state index contributed by atoms with van der Waals surface area (Å²) in [7, 11) is 0. The van der Waals surface area contributed by atoms with Gasteiger partial charge in [-0.3, -0.25) is 9.59 Å². The third-order valence-corrected chi connectivity index (χ3v) is 2.78. The summed E-state index contributed by atoms with van der Waals surface area (Å²) in [4.78, 5) is 35.8. The fourth-order valence-corrected chi connectivity index (χ4v) is 1.87. The third kappa shape index (κ3) is 4.40. The van der Waals surface area contributed by atoms with Crippen LogP contribution in [-0.2, 0) is 14.3 Å². The fraction of sp³-hybridized carbons (Fsp3) is 0.727. The number of hydrogen-bond donors (Lipinski definition) is 2. The molecule has 0 aliphatic carbocycles. The highest BCUT2D eigenvalue weighted by Gasteiger charge is 2.32. The van der Waals surface area contributed by atoms with Crippen LogP contribution < -0.4 is 0 Å². The van der Waals surface area contributed by atoms with Crippen LogP contribution in [0, 0.1) is 0 Å². The van der Waals surface area contributed by atoms with Crippen LogP contribution in [0.15, 0.2) is 0 Å². The molecular weight excluding hydrogens is 256 g/mol. The Morgan fingerprint density at radius 2 is 1.74 bits per heavy atom. The second-order valence-electron chi connectivity index (χ2n) is 4.57. The predicted molar refractivity (Wildman–Crippen MR) is 63.8 cm³/mol. The summed E-state index contributed by atoms with van der Waals surface area (Å²) in [5.41, 5.74) is 0. The first kappa shape index (κ1) is 15.2. The molecule has 19 heavy (non-hydrogen) atoms. The number of hydrogen-bond acceptors (Lipinski definition) is 4. The van der Waals surface area contributed by atoms with E-state index in [1.54, 1.807) is 13.8 Å². The third-order valence-electron chi connectivity index (χ3n) is 2.78. The largest absolute Gasteiger partial charge is 0.480 e. The number of nitrogens with zero attached hydrogens (tertiary/aromatic N) is 2. The van der Waals surface area contributed by atoms with E-state index in [1.807, 2.05) is 0 Å². The molecule has 8 heteroatoms. The Hall–Kier alpha value is -1.83. The van der Waals surface area contributed by atoms with Gasteiger partial charge in [0.05, 0.1) is 18.8 Å². The van der Waals surface area contributed by atoms with Crippen molar-refractivity contribution in [2.45, 2.75) is 26.0 Å². The van der Waals surface area contributed by atoms with Gasteiger partial charge in [0.2, 0.25) is 0 Å². The summed E-state index contributed by atoms with van der Waals surface area (Å²) < 4.78 is 5.37. The lowest BCUT2D eigenvalue weighted by molar-refractivity contribution is -0.141. The Kier molecular flexibility index (Phi) is 5.11. The summed E-state index contributed by atoms with van der Waals surface area (Å²) in [5.74, 6) is -2.49. The summed E-state index contributed by atoms with van der Waals surface area (Å²) in [5, 5.41) is 17.5. The Morgan fingerprint density at radius 3 is 2.21 bits per heavy atom. The number of carboxylic acids is 2. The highest BCUT2D eigenvalue weighted by Crippen LogP contribution is 2.13. The molecule has 2 unspecified atom stereocenters. The smallest absolute Gasteiger partial charge is 0.323 e. The molecule has 0 radical (unpaired) electrons. The first-order valence-corrected chi connectivity index (χ1v) is 5.92. The Morgan fingerprint density at radius 1 is 1.21 bits per heavy atom. The van der Waals surface area contributed by atoms with E-state index in [1.165, 1.54) is 4.90 Å². The highest BCUT2D eigenvalue weighted by atomic mass is 16.5. The van der Waals surface area contributed by atoms with Crippen LogP contribution in [-0.4, -0.2) is 76.4 Å². The van der Waals surface area contributed by atoms with Gasteiger partial charge in [-0.05, 0) is 13.8 Å². The van der Waals surface area contributed by atoms with Crippen molar-refractivity contribution in [2.24, 2.45) is 0 Å². The minimum Gasteiger partial charge on any atom is -0.480 e. The minimum absolute atomic E-state index is 0.156. The molecule has 1 heterocycles. The molecule has 0 saturated carbocycles. The van der Waals surface area contributed by atoms with Crippen molar-refractivity contribution >= 4 is 18.0 Å². The molecule has 2 N–H and O–H groups in total. The quantitative estimate of drug-likeness (QED) is 0.728. The number of urea groups is 1. The average molecular weight is 274 g/mol. The number of amides is 2. The van der Waals surface area contributed by atoms with Gasteiger partial charge in [-0.1, -0.05) is 0 Å². The van der Waals surface area contributed by atoms with Gasteiger partial charge < -0.3 is 24.7 Å². The van der Waals surface area contributed by atoms with Crippen molar-refractivity contribution in [1.82, 2.24) is 9.80 Å². The molecule has 1 saturated heterocycles. The van der Waals surface area contributed by atoms with E-state index in [-0.39, 0.29) is 12.1 Å². The van der Waals surface area contributed by atoms with E-state index in [4.69, 9.17) is 14.9 Å². The molecule has 2 amide bonds. The van der Waals surface area contributed by atoms with Gasteiger partial charge in [0.15, 0.2) is 0 Å². The Bertz CT molecular complexity index is 356. The van der Waals surface area contributed by atoms with Crippen LogP contribution in [0.2, 0.25) is 0 Å². The zero-order chi connectivity index (χ0) is 14.6. The number of morpholine rings is 1. The molecule has 0 aromatic heterocycles. The van der Waals surface area contributed by atoms with E-state index in [0.29, 0.717) is 13.2 Å². The number of ether oxygens (including phenoxy) is 1. The molecule has 1 aliphatic rings. The Labute approximate surface area is 110 Å². The number of carbonyl (C=O) groups is 3. The van der Waals surface area contributed by atoms with Gasteiger partial charge in [0, 0.05) is 6.54 Å². The maximum atomic E-state index is 12.2. The van der Waals surface area contributed by atoms with Crippen LogP contribution in [0.3, 0.4) is 0 Å². The molecule has 108 valence electrons. The van der Waals surface area contributed by atoms with Crippen molar-refractivity contribution in [3.63, 3.8) is 0 Å². The monoisotopic (exact) mass is 274 g/mol. The standard InChI is InChI=1S/C11H18N2O6/c1-7-6-19-8(2)3-13(7)11(18)12(4-9(14)15)5-10(16)17/h7-8H,3-6H2,1-2H3,(H,14,15)(H,16,17). The highest BCUT2D eigenvalue weighted by molar-refractivity contribution is 5.84. The second-order valence-corrected chi connectivity index (χ2v) is 4.57. The van der Waals surface area contributed by atoms with Gasteiger partial charge in [0.25, 0.3) is 0 Å². The first-order valence-electron chi connectivity index (χ1n) is 5.92. The van der Waals surface area contributed by atoms with Crippen molar-refractivity contribution < 1.29 is 29.3 Å². The first-order chi connectivity index (χ1) is 8.81. The van der Waals surface area contributed by atoms with Crippen LogP contribution >= 0.6 is 0 Å². The second kappa shape index (κ2) is 6.37. The lowest BCUT2D eigenvalue weighted by Gasteiger charge is -2.39. The summed E-state index contributed by atoms with van der Waals surface area (Å²) in [6, 6.07) is -0.804. The molecule has 0 spiro atoms.